The number of carbonyl (C=O) groups excluding carboxylic acids is 1. The summed E-state index contributed by atoms with van der Waals surface area (Å²) in [5.41, 5.74) is 7.80. The first-order valence-electron chi connectivity index (χ1n) is 14.8. The normalized spacial score (nSPS) is 26.6. The molecule has 12 nitrogen and oxygen atoms in total. The number of ether oxygens (including phenoxy) is 1. The summed E-state index contributed by atoms with van der Waals surface area (Å²) in [6.07, 6.45) is 5.48. The molecule has 0 aromatic heterocycles. The van der Waals surface area contributed by atoms with Gasteiger partial charge in [0.05, 0.1) is 23.4 Å². The van der Waals surface area contributed by atoms with Crippen molar-refractivity contribution in [3.63, 3.8) is 0 Å². The Bertz CT molecular complexity index is 1260. The number of nitrogens with zero attached hydrogens (tertiary/aromatic N) is 4. The molecule has 1 aliphatic carbocycles. The molecule has 1 amide bonds. The molecule has 0 bridgehead atoms. The second kappa shape index (κ2) is 11.9. The zero-order chi connectivity index (χ0) is 29.4. The van der Waals surface area contributed by atoms with Crippen LogP contribution in [0.15, 0.2) is 34.6 Å². The SMILES string of the molecule is CCC1CN(C)C2=C(N[C@](N)(Nc3ccc(S(=O)(=O)CCN4CCN(C)CC4)cc3OC)NC2=O)N1C1CCCC1. The second-order valence-electron chi connectivity index (χ2n) is 11.8. The maximum absolute atomic E-state index is 13.4. The largest absolute Gasteiger partial charge is 0.495 e. The van der Waals surface area contributed by atoms with Crippen molar-refractivity contribution in [2.45, 2.75) is 61.9 Å². The number of anilines is 1. The van der Waals surface area contributed by atoms with Crippen LogP contribution in [-0.2, 0) is 14.6 Å². The van der Waals surface area contributed by atoms with E-state index in [4.69, 9.17) is 10.5 Å². The topological polar surface area (TPSA) is 136 Å². The minimum Gasteiger partial charge on any atom is -0.495 e. The number of sulfone groups is 1. The fourth-order valence-electron chi connectivity index (χ4n) is 6.51. The van der Waals surface area contributed by atoms with Crippen molar-refractivity contribution < 1.29 is 17.9 Å². The summed E-state index contributed by atoms with van der Waals surface area (Å²) < 4.78 is 32.0. The molecular weight excluding hydrogens is 544 g/mol. The molecule has 1 saturated carbocycles. The van der Waals surface area contributed by atoms with E-state index in [9.17, 15) is 13.2 Å². The molecule has 3 heterocycles. The van der Waals surface area contributed by atoms with Crippen LogP contribution in [0.3, 0.4) is 0 Å². The summed E-state index contributed by atoms with van der Waals surface area (Å²) >= 11 is 0. The van der Waals surface area contributed by atoms with Crippen LogP contribution in [0, 0.1) is 0 Å². The third-order valence-electron chi connectivity index (χ3n) is 8.91. The molecule has 228 valence electrons. The summed E-state index contributed by atoms with van der Waals surface area (Å²) in [5.74, 6) is -0.691. The van der Waals surface area contributed by atoms with Crippen LogP contribution in [-0.4, -0.2) is 118 Å². The number of benzene rings is 1. The molecular formula is C28H46N8O4S. The number of nitrogens with one attached hydrogen (secondary N) is 3. The highest BCUT2D eigenvalue weighted by atomic mass is 32.2. The monoisotopic (exact) mass is 590 g/mol. The number of carbonyl (C=O) groups is 1. The summed E-state index contributed by atoms with van der Waals surface area (Å²) in [7, 11) is 1.98. The van der Waals surface area contributed by atoms with Gasteiger partial charge in [0.2, 0.25) is 5.91 Å². The minimum atomic E-state index is -3.53. The van der Waals surface area contributed by atoms with E-state index >= 15 is 0 Å². The van der Waals surface area contributed by atoms with E-state index in [-0.39, 0.29) is 22.6 Å². The van der Waals surface area contributed by atoms with Gasteiger partial charge < -0.3 is 30.1 Å². The Morgan fingerprint density at radius 3 is 2.49 bits per heavy atom. The van der Waals surface area contributed by atoms with Crippen molar-refractivity contribution in [1.82, 2.24) is 30.2 Å². The number of nitrogens with two attached hydrogens (primary N) is 1. The number of methoxy groups -OCH3 is 1. The van der Waals surface area contributed by atoms with Crippen LogP contribution in [0.5, 0.6) is 5.75 Å². The molecule has 5 rings (SSSR count). The van der Waals surface area contributed by atoms with Crippen LogP contribution in [0.25, 0.3) is 0 Å². The lowest BCUT2D eigenvalue weighted by atomic mass is 10.0. The summed E-state index contributed by atoms with van der Waals surface area (Å²) in [5, 5.41) is 9.47. The zero-order valence-corrected chi connectivity index (χ0v) is 25.6. The number of likely N-dealkylation sites (N-methyl/N-ethyl adjacent to an activating group) is 2. The van der Waals surface area contributed by atoms with Gasteiger partial charge in [-0.2, -0.15) is 0 Å². The van der Waals surface area contributed by atoms with Gasteiger partial charge in [0, 0.05) is 64.5 Å². The summed E-state index contributed by atoms with van der Waals surface area (Å²) in [6.45, 7) is 7.03. The standard InChI is InChI=1S/C28H46N8O4S/c1-5-20-19-34(3)25-26(36(20)21-8-6-7-9-21)31-28(29,32-27(25)37)30-23-11-10-22(18-24(23)40-4)41(38,39)17-16-35-14-12-33(2)13-15-35/h10-11,18,20-21,30-31H,5-9,12-17,19,29H2,1-4H3,(H,32,37)/t20?,28-/m0/s1. The van der Waals surface area contributed by atoms with Crippen molar-refractivity contribution in [3.8, 4) is 5.75 Å². The van der Waals surface area contributed by atoms with Gasteiger partial charge in [-0.25, -0.2) is 8.42 Å². The maximum Gasteiger partial charge on any atom is 0.275 e. The fourth-order valence-corrected chi connectivity index (χ4v) is 7.81. The van der Waals surface area contributed by atoms with Gasteiger partial charge in [-0.05, 0) is 38.4 Å². The summed E-state index contributed by atoms with van der Waals surface area (Å²) in [6, 6.07) is 5.34. The smallest absolute Gasteiger partial charge is 0.275 e. The van der Waals surface area contributed by atoms with Gasteiger partial charge in [0.25, 0.3) is 5.91 Å². The molecule has 1 unspecified atom stereocenters. The van der Waals surface area contributed by atoms with Gasteiger partial charge in [-0.1, -0.05) is 19.8 Å². The van der Waals surface area contributed by atoms with Gasteiger partial charge >= 0.3 is 0 Å². The van der Waals surface area contributed by atoms with Crippen molar-refractivity contribution >= 4 is 21.4 Å². The first-order valence-corrected chi connectivity index (χ1v) is 16.4. The second-order valence-corrected chi connectivity index (χ2v) is 13.9. The van der Waals surface area contributed by atoms with Crippen LogP contribution >= 0.6 is 0 Å². The molecule has 1 aromatic carbocycles. The lowest BCUT2D eigenvalue weighted by Crippen LogP contribution is -2.76. The van der Waals surface area contributed by atoms with Crippen LogP contribution in [0.2, 0.25) is 0 Å². The highest BCUT2D eigenvalue weighted by Crippen LogP contribution is 2.36. The van der Waals surface area contributed by atoms with Crippen LogP contribution < -0.4 is 26.4 Å². The van der Waals surface area contributed by atoms with E-state index in [1.54, 1.807) is 12.1 Å². The Morgan fingerprint density at radius 1 is 1.12 bits per heavy atom. The third kappa shape index (κ3) is 6.23. The van der Waals surface area contributed by atoms with E-state index in [0.717, 1.165) is 57.8 Å². The molecule has 2 fully saturated rings. The molecule has 1 saturated heterocycles. The van der Waals surface area contributed by atoms with Gasteiger partial charge in [-0.15, -0.1) is 0 Å². The van der Waals surface area contributed by atoms with E-state index in [1.807, 2.05) is 11.9 Å². The maximum atomic E-state index is 13.4. The van der Waals surface area contributed by atoms with Gasteiger partial charge in [0.15, 0.2) is 9.84 Å². The van der Waals surface area contributed by atoms with E-state index in [0.29, 0.717) is 29.7 Å². The molecule has 1 aromatic rings. The Labute approximate surface area is 244 Å². The van der Waals surface area contributed by atoms with E-state index in [1.165, 1.54) is 26.0 Å². The molecule has 2 atom stereocenters. The quantitative estimate of drug-likeness (QED) is 0.301. The van der Waals surface area contributed by atoms with Gasteiger partial charge in [0.1, 0.15) is 17.3 Å². The molecule has 4 aliphatic rings. The Hall–Kier alpha value is -2.74. The molecule has 13 heteroatoms. The average Bonchev–Trinajstić information content (AvgIpc) is 3.46. The molecule has 0 radical (unpaired) electrons. The molecule has 41 heavy (non-hydrogen) atoms. The van der Waals surface area contributed by atoms with Crippen molar-refractivity contribution in [2.24, 2.45) is 5.73 Å². The Kier molecular flexibility index (Phi) is 8.61. The number of piperazine rings is 1. The fraction of sp³-hybridized carbons (Fsp3) is 0.679. The van der Waals surface area contributed by atoms with Crippen LogP contribution in [0.1, 0.15) is 39.0 Å². The number of amides is 1. The van der Waals surface area contributed by atoms with E-state index < -0.39 is 15.7 Å². The predicted octanol–water partition coefficient (Wildman–Crippen LogP) is 0.555. The number of hydrogen-bond acceptors (Lipinski definition) is 11. The summed E-state index contributed by atoms with van der Waals surface area (Å²) in [4.78, 5) is 22.4. The minimum absolute atomic E-state index is 0.0329. The van der Waals surface area contributed by atoms with Crippen molar-refractivity contribution in [2.75, 3.05) is 71.5 Å². The highest BCUT2D eigenvalue weighted by molar-refractivity contribution is 7.91. The first-order chi connectivity index (χ1) is 19.5. The lowest BCUT2D eigenvalue weighted by molar-refractivity contribution is -0.123. The van der Waals surface area contributed by atoms with Gasteiger partial charge in [-0.3, -0.25) is 20.7 Å². The predicted molar refractivity (Wildman–Crippen MR) is 159 cm³/mol. The lowest BCUT2D eigenvalue weighted by Gasteiger charge is -2.52. The van der Waals surface area contributed by atoms with Crippen molar-refractivity contribution in [3.05, 3.63) is 29.7 Å². The van der Waals surface area contributed by atoms with Crippen molar-refractivity contribution in [1.29, 1.82) is 0 Å². The first kappa shape index (κ1) is 29.7. The van der Waals surface area contributed by atoms with E-state index in [2.05, 4.69) is 44.6 Å². The molecule has 0 spiro atoms. The number of rotatable bonds is 9. The molecule has 3 aliphatic heterocycles. The third-order valence-corrected chi connectivity index (χ3v) is 10.6. The highest BCUT2D eigenvalue weighted by Gasteiger charge is 2.46. The average molecular weight is 591 g/mol. The molecule has 5 N–H and O–H groups in total. The Morgan fingerprint density at radius 2 is 1.83 bits per heavy atom. The van der Waals surface area contributed by atoms with Crippen LogP contribution in [0.4, 0.5) is 5.69 Å². The zero-order valence-electron chi connectivity index (χ0n) is 24.8. The Balaban J connectivity index is 1.35. The number of hydrogen-bond donors (Lipinski definition) is 4.